The molecule has 0 aromatic rings. The second-order valence-electron chi connectivity index (χ2n) is 6.64. The van der Waals surface area contributed by atoms with E-state index in [0.29, 0.717) is 0 Å². The van der Waals surface area contributed by atoms with Gasteiger partial charge in [0.2, 0.25) is 0 Å². The van der Waals surface area contributed by atoms with E-state index in [0.717, 1.165) is 77.0 Å². The molecule has 152 valence electrons. The Morgan fingerprint density at radius 1 is 0.560 bits per heavy atom. The molecule has 0 spiro atoms. The summed E-state index contributed by atoms with van der Waals surface area (Å²) < 4.78 is 17.4. The van der Waals surface area contributed by atoms with E-state index >= 15 is 0 Å². The quantitative estimate of drug-likeness (QED) is 0.178. The van der Waals surface area contributed by atoms with E-state index in [4.69, 9.17) is 30.8 Å². The first-order chi connectivity index (χ1) is 12.0. The Kier molecular flexibility index (Phi) is 17.7. The lowest BCUT2D eigenvalue weighted by molar-refractivity contribution is 0.0609. The predicted molar refractivity (Wildman–Crippen MR) is 107 cm³/mol. The summed E-state index contributed by atoms with van der Waals surface area (Å²) >= 11 is 0. The van der Waals surface area contributed by atoms with E-state index in [-0.39, 0.29) is 0 Å². The van der Waals surface area contributed by atoms with Gasteiger partial charge in [-0.2, -0.15) is 0 Å². The Balaban J connectivity index is 4.37. The van der Waals surface area contributed by atoms with Crippen molar-refractivity contribution in [3.8, 4) is 0 Å². The molecule has 3 atom stereocenters. The summed E-state index contributed by atoms with van der Waals surface area (Å²) in [6.45, 7) is 6.49. The van der Waals surface area contributed by atoms with E-state index in [1.165, 1.54) is 0 Å². The van der Waals surface area contributed by atoms with Crippen LogP contribution >= 0.6 is 8.60 Å². The minimum atomic E-state index is -1.62. The van der Waals surface area contributed by atoms with Crippen LogP contribution in [0.1, 0.15) is 97.8 Å². The molecule has 6 nitrogen and oxygen atoms in total. The molecule has 0 amide bonds. The van der Waals surface area contributed by atoms with Crippen molar-refractivity contribution in [1.82, 2.24) is 0 Å². The van der Waals surface area contributed by atoms with E-state index < -0.39 is 27.3 Å². The second-order valence-corrected chi connectivity index (χ2v) is 7.72. The van der Waals surface area contributed by atoms with Gasteiger partial charge in [0.1, 0.15) is 18.7 Å². The maximum atomic E-state index is 6.06. The summed E-state index contributed by atoms with van der Waals surface area (Å²) in [7, 11) is -1.62. The Hall–Kier alpha value is 0.190. The van der Waals surface area contributed by atoms with Crippen LogP contribution in [0.3, 0.4) is 0 Å². The summed E-state index contributed by atoms with van der Waals surface area (Å²) in [5, 5.41) is 0. The van der Waals surface area contributed by atoms with Gasteiger partial charge in [0, 0.05) is 0 Å². The van der Waals surface area contributed by atoms with E-state index in [2.05, 4.69) is 20.8 Å². The first-order valence-electron chi connectivity index (χ1n) is 10.1. The van der Waals surface area contributed by atoms with Crippen LogP contribution in [0, 0.1) is 0 Å². The normalized spacial score (nSPS) is 16.6. The zero-order valence-corrected chi connectivity index (χ0v) is 17.5. The van der Waals surface area contributed by atoms with E-state index in [1.807, 2.05) is 0 Å². The molecule has 7 heteroatoms. The van der Waals surface area contributed by atoms with Gasteiger partial charge in [-0.1, -0.05) is 59.3 Å². The summed E-state index contributed by atoms with van der Waals surface area (Å²) in [6.07, 6.45) is 11.1. The first-order valence-corrected chi connectivity index (χ1v) is 11.2. The monoisotopic (exact) mass is 379 g/mol. The SMILES string of the molecule is CCCCCC(N)OP(OC(N)CCCCC)OC(N)CCCCC. The average molecular weight is 380 g/mol. The summed E-state index contributed by atoms with van der Waals surface area (Å²) in [4.78, 5) is 0. The molecule has 0 aromatic carbocycles. The third-order valence-corrected chi connectivity index (χ3v) is 5.27. The smallest absolute Gasteiger partial charge is 0.306 e. The van der Waals surface area contributed by atoms with Crippen molar-refractivity contribution in [1.29, 1.82) is 0 Å². The van der Waals surface area contributed by atoms with Crippen molar-refractivity contribution < 1.29 is 13.6 Å². The predicted octanol–water partition coefficient (Wildman–Crippen LogP) is 4.86. The fraction of sp³-hybridized carbons (Fsp3) is 1.00. The Morgan fingerprint density at radius 2 is 0.840 bits per heavy atom. The lowest BCUT2D eigenvalue weighted by Crippen LogP contribution is -2.29. The third-order valence-electron chi connectivity index (χ3n) is 3.94. The highest BCUT2D eigenvalue weighted by atomic mass is 31.2. The van der Waals surface area contributed by atoms with Crippen LogP contribution in [-0.4, -0.2) is 18.7 Å². The lowest BCUT2D eigenvalue weighted by atomic mass is 10.2. The molecule has 3 unspecified atom stereocenters. The van der Waals surface area contributed by atoms with Gasteiger partial charge < -0.3 is 17.2 Å². The lowest BCUT2D eigenvalue weighted by Gasteiger charge is -2.26. The highest BCUT2D eigenvalue weighted by Crippen LogP contribution is 2.43. The van der Waals surface area contributed by atoms with Gasteiger partial charge in [-0.25, -0.2) is 0 Å². The van der Waals surface area contributed by atoms with Crippen LogP contribution in [0.4, 0.5) is 0 Å². The average Bonchev–Trinajstić information content (AvgIpc) is 2.55. The van der Waals surface area contributed by atoms with Crippen LogP contribution < -0.4 is 17.2 Å². The molecular formula is C18H42N3O3P. The number of hydrogen-bond acceptors (Lipinski definition) is 6. The van der Waals surface area contributed by atoms with Crippen molar-refractivity contribution in [2.75, 3.05) is 0 Å². The highest BCUT2D eigenvalue weighted by Gasteiger charge is 2.23. The molecule has 0 bridgehead atoms. The molecule has 0 heterocycles. The van der Waals surface area contributed by atoms with Crippen LogP contribution in [0.2, 0.25) is 0 Å². The molecule has 0 rings (SSSR count). The fourth-order valence-electron chi connectivity index (χ4n) is 2.35. The van der Waals surface area contributed by atoms with Gasteiger partial charge in [0.25, 0.3) is 0 Å². The van der Waals surface area contributed by atoms with E-state index in [9.17, 15) is 0 Å². The zero-order valence-electron chi connectivity index (χ0n) is 16.6. The number of rotatable bonds is 18. The molecule has 25 heavy (non-hydrogen) atoms. The Labute approximate surface area is 156 Å². The summed E-state index contributed by atoms with van der Waals surface area (Å²) in [5.41, 5.74) is 18.2. The van der Waals surface area contributed by atoms with Gasteiger partial charge in [0.05, 0.1) is 0 Å². The van der Waals surface area contributed by atoms with Crippen molar-refractivity contribution in [2.24, 2.45) is 17.2 Å². The Bertz CT molecular complexity index is 245. The first kappa shape index (κ1) is 25.2. The molecular weight excluding hydrogens is 337 g/mol. The molecule has 0 aliphatic heterocycles. The number of nitrogens with two attached hydrogens (primary N) is 3. The van der Waals surface area contributed by atoms with Gasteiger partial charge in [-0.15, -0.1) is 0 Å². The number of unbranched alkanes of at least 4 members (excludes halogenated alkanes) is 6. The van der Waals surface area contributed by atoms with Crippen molar-refractivity contribution >= 4 is 8.60 Å². The molecule has 0 aliphatic rings. The minimum Gasteiger partial charge on any atom is -0.306 e. The van der Waals surface area contributed by atoms with Crippen LogP contribution in [0.5, 0.6) is 0 Å². The fourth-order valence-corrected chi connectivity index (χ4v) is 3.48. The molecule has 0 fully saturated rings. The van der Waals surface area contributed by atoms with Crippen LogP contribution in [0.25, 0.3) is 0 Å². The minimum absolute atomic E-state index is 0.400. The molecule has 0 aliphatic carbocycles. The third kappa shape index (κ3) is 16.1. The summed E-state index contributed by atoms with van der Waals surface area (Å²) in [6, 6.07) is 0. The van der Waals surface area contributed by atoms with Crippen LogP contribution in [0.15, 0.2) is 0 Å². The maximum Gasteiger partial charge on any atom is 0.337 e. The summed E-state index contributed by atoms with van der Waals surface area (Å²) in [5.74, 6) is 0. The van der Waals surface area contributed by atoms with Gasteiger partial charge >= 0.3 is 8.60 Å². The van der Waals surface area contributed by atoms with Crippen molar-refractivity contribution in [2.45, 2.75) is 117 Å². The molecule has 0 saturated heterocycles. The molecule has 0 saturated carbocycles. The Morgan fingerprint density at radius 3 is 1.08 bits per heavy atom. The second kappa shape index (κ2) is 17.6. The largest absolute Gasteiger partial charge is 0.337 e. The molecule has 0 aromatic heterocycles. The van der Waals surface area contributed by atoms with Crippen molar-refractivity contribution in [3.05, 3.63) is 0 Å². The zero-order chi connectivity index (χ0) is 18.9. The topological polar surface area (TPSA) is 106 Å². The van der Waals surface area contributed by atoms with Gasteiger partial charge in [0.15, 0.2) is 0 Å². The van der Waals surface area contributed by atoms with Crippen molar-refractivity contribution in [3.63, 3.8) is 0 Å². The standard InChI is InChI=1S/C18H42N3O3P/c1-4-7-10-13-16(19)22-25(23-17(20)14-11-8-5-2)24-18(21)15-12-9-6-3/h16-18H,4-15,19-21H2,1-3H3. The van der Waals surface area contributed by atoms with Gasteiger partial charge in [-0.05, 0) is 38.5 Å². The van der Waals surface area contributed by atoms with Gasteiger partial charge in [-0.3, -0.25) is 13.6 Å². The highest BCUT2D eigenvalue weighted by molar-refractivity contribution is 7.41. The molecule has 0 radical (unpaired) electrons. The van der Waals surface area contributed by atoms with E-state index in [1.54, 1.807) is 0 Å². The molecule has 6 N–H and O–H groups in total. The maximum absolute atomic E-state index is 6.06. The van der Waals surface area contributed by atoms with Crippen LogP contribution in [-0.2, 0) is 13.6 Å². The number of hydrogen-bond donors (Lipinski definition) is 3.